The van der Waals surface area contributed by atoms with Gasteiger partial charge in [0.15, 0.2) is 0 Å². The minimum atomic E-state index is 0.758. The van der Waals surface area contributed by atoms with Crippen LogP contribution in [0.5, 0.6) is 0 Å². The molecule has 20 heavy (non-hydrogen) atoms. The van der Waals surface area contributed by atoms with E-state index in [0.29, 0.717) is 0 Å². The standard InChI is InChI=1S/C16H20N4/c1-2-7-20(6-1)12-14-4-3-5-16(8-14)19-11-15-9-17-13-18-10-15/h3-5,8-10,13,19H,1-2,6-7,11-12H2. The lowest BCUT2D eigenvalue weighted by atomic mass is 10.2. The van der Waals surface area contributed by atoms with Crippen molar-refractivity contribution < 1.29 is 0 Å². The maximum absolute atomic E-state index is 4.03. The molecule has 0 spiro atoms. The van der Waals surface area contributed by atoms with Gasteiger partial charge in [0.2, 0.25) is 0 Å². The van der Waals surface area contributed by atoms with Crippen molar-refractivity contribution >= 4 is 5.69 Å². The van der Waals surface area contributed by atoms with E-state index >= 15 is 0 Å². The Bertz CT molecular complexity index is 535. The molecule has 4 nitrogen and oxygen atoms in total. The normalized spacial score (nSPS) is 15.4. The Labute approximate surface area is 119 Å². The Morgan fingerprint density at radius 3 is 2.65 bits per heavy atom. The van der Waals surface area contributed by atoms with Gasteiger partial charge in [0, 0.05) is 36.7 Å². The number of nitrogens with one attached hydrogen (secondary N) is 1. The maximum atomic E-state index is 4.03. The molecule has 0 bridgehead atoms. The number of hydrogen-bond acceptors (Lipinski definition) is 4. The number of nitrogens with zero attached hydrogens (tertiary/aromatic N) is 3. The van der Waals surface area contributed by atoms with E-state index in [1.165, 1.54) is 31.5 Å². The van der Waals surface area contributed by atoms with Crippen LogP contribution in [0.4, 0.5) is 5.69 Å². The lowest BCUT2D eigenvalue weighted by Crippen LogP contribution is -2.18. The summed E-state index contributed by atoms with van der Waals surface area (Å²) in [6.45, 7) is 4.29. The molecule has 0 radical (unpaired) electrons. The van der Waals surface area contributed by atoms with Crippen molar-refractivity contribution in [2.75, 3.05) is 18.4 Å². The SMILES string of the molecule is c1cc(CN2CCCC2)cc(NCc2cncnc2)c1. The zero-order chi connectivity index (χ0) is 13.6. The Morgan fingerprint density at radius 2 is 1.85 bits per heavy atom. The summed E-state index contributed by atoms with van der Waals surface area (Å²) in [6.07, 6.45) is 7.92. The molecule has 1 fully saturated rings. The van der Waals surface area contributed by atoms with Gasteiger partial charge in [-0.3, -0.25) is 4.90 Å². The summed E-state index contributed by atoms with van der Waals surface area (Å²) in [7, 11) is 0. The molecule has 2 aromatic rings. The topological polar surface area (TPSA) is 41.0 Å². The van der Waals surface area contributed by atoms with Crippen LogP contribution in [0.1, 0.15) is 24.0 Å². The molecule has 0 atom stereocenters. The fourth-order valence-electron chi connectivity index (χ4n) is 2.60. The first-order chi connectivity index (χ1) is 9.90. The number of likely N-dealkylation sites (tertiary alicyclic amines) is 1. The lowest BCUT2D eigenvalue weighted by Gasteiger charge is -2.15. The molecule has 0 aliphatic carbocycles. The number of hydrogen-bond donors (Lipinski definition) is 1. The summed E-state index contributed by atoms with van der Waals surface area (Å²) < 4.78 is 0. The predicted molar refractivity (Wildman–Crippen MR) is 80.3 cm³/mol. The minimum absolute atomic E-state index is 0.758. The molecule has 0 saturated carbocycles. The van der Waals surface area contributed by atoms with Gasteiger partial charge in [-0.1, -0.05) is 12.1 Å². The molecule has 2 heterocycles. The lowest BCUT2D eigenvalue weighted by molar-refractivity contribution is 0.331. The third kappa shape index (κ3) is 3.54. The molecule has 104 valence electrons. The fourth-order valence-corrected chi connectivity index (χ4v) is 2.60. The highest BCUT2D eigenvalue weighted by molar-refractivity contribution is 5.46. The van der Waals surface area contributed by atoms with Crippen LogP contribution in [0.25, 0.3) is 0 Å². The van der Waals surface area contributed by atoms with Gasteiger partial charge < -0.3 is 5.32 Å². The van der Waals surface area contributed by atoms with E-state index in [9.17, 15) is 0 Å². The van der Waals surface area contributed by atoms with Gasteiger partial charge in [0.25, 0.3) is 0 Å². The van der Waals surface area contributed by atoms with Gasteiger partial charge in [-0.2, -0.15) is 0 Å². The van der Waals surface area contributed by atoms with E-state index in [1.54, 1.807) is 6.33 Å². The second-order valence-electron chi connectivity index (χ2n) is 5.28. The maximum Gasteiger partial charge on any atom is 0.115 e. The third-order valence-corrected chi connectivity index (χ3v) is 3.64. The van der Waals surface area contributed by atoms with Gasteiger partial charge in [0.1, 0.15) is 6.33 Å². The van der Waals surface area contributed by atoms with Crippen LogP contribution in [-0.4, -0.2) is 28.0 Å². The van der Waals surface area contributed by atoms with E-state index in [2.05, 4.69) is 44.5 Å². The van der Waals surface area contributed by atoms with Gasteiger partial charge in [-0.05, 0) is 43.6 Å². The highest BCUT2D eigenvalue weighted by Crippen LogP contribution is 2.16. The largest absolute Gasteiger partial charge is 0.381 e. The van der Waals surface area contributed by atoms with Crippen molar-refractivity contribution in [2.24, 2.45) is 0 Å². The Balaban J connectivity index is 1.59. The van der Waals surface area contributed by atoms with Gasteiger partial charge in [0.05, 0.1) is 0 Å². The molecule has 1 N–H and O–H groups in total. The van der Waals surface area contributed by atoms with Crippen LogP contribution in [0.3, 0.4) is 0 Å². The van der Waals surface area contributed by atoms with E-state index in [-0.39, 0.29) is 0 Å². The molecular weight excluding hydrogens is 248 g/mol. The molecular formula is C16H20N4. The monoisotopic (exact) mass is 268 g/mol. The van der Waals surface area contributed by atoms with Crippen molar-refractivity contribution in [3.05, 3.63) is 54.1 Å². The molecule has 1 aliphatic heterocycles. The summed E-state index contributed by atoms with van der Waals surface area (Å²) in [5, 5.41) is 3.43. The molecule has 0 unspecified atom stereocenters. The second kappa shape index (κ2) is 6.48. The second-order valence-corrected chi connectivity index (χ2v) is 5.28. The molecule has 3 rings (SSSR count). The van der Waals surface area contributed by atoms with Crippen molar-refractivity contribution in [3.63, 3.8) is 0 Å². The number of benzene rings is 1. The van der Waals surface area contributed by atoms with Crippen LogP contribution in [0, 0.1) is 0 Å². The minimum Gasteiger partial charge on any atom is -0.381 e. The van der Waals surface area contributed by atoms with E-state index in [0.717, 1.165) is 24.3 Å². The Hall–Kier alpha value is -1.94. The highest BCUT2D eigenvalue weighted by atomic mass is 15.1. The summed E-state index contributed by atoms with van der Waals surface area (Å²) in [5.41, 5.74) is 3.63. The smallest absolute Gasteiger partial charge is 0.115 e. The van der Waals surface area contributed by atoms with Crippen molar-refractivity contribution in [3.8, 4) is 0 Å². The van der Waals surface area contributed by atoms with Crippen LogP contribution in [0.15, 0.2) is 43.0 Å². The van der Waals surface area contributed by atoms with Crippen molar-refractivity contribution in [1.82, 2.24) is 14.9 Å². The Morgan fingerprint density at radius 1 is 1.05 bits per heavy atom. The molecule has 1 aliphatic rings. The van der Waals surface area contributed by atoms with Gasteiger partial charge in [-0.25, -0.2) is 9.97 Å². The van der Waals surface area contributed by atoms with Crippen LogP contribution < -0.4 is 5.32 Å². The number of rotatable bonds is 5. The zero-order valence-corrected chi connectivity index (χ0v) is 11.6. The quantitative estimate of drug-likeness (QED) is 0.905. The summed E-state index contributed by atoms with van der Waals surface area (Å²) >= 11 is 0. The molecule has 1 aromatic heterocycles. The molecule has 1 saturated heterocycles. The molecule has 1 aromatic carbocycles. The number of anilines is 1. The summed E-state index contributed by atoms with van der Waals surface area (Å²) in [6, 6.07) is 8.67. The van der Waals surface area contributed by atoms with Gasteiger partial charge >= 0.3 is 0 Å². The first kappa shape index (κ1) is 13.1. The first-order valence-electron chi connectivity index (χ1n) is 7.19. The molecule has 4 heteroatoms. The van der Waals surface area contributed by atoms with Crippen LogP contribution in [0.2, 0.25) is 0 Å². The van der Waals surface area contributed by atoms with Crippen molar-refractivity contribution in [2.45, 2.75) is 25.9 Å². The summed E-state index contributed by atoms with van der Waals surface area (Å²) in [5.74, 6) is 0. The zero-order valence-electron chi connectivity index (χ0n) is 11.6. The van der Waals surface area contributed by atoms with E-state index in [1.807, 2.05) is 12.4 Å². The van der Waals surface area contributed by atoms with Crippen molar-refractivity contribution in [1.29, 1.82) is 0 Å². The van der Waals surface area contributed by atoms with Crippen LogP contribution >= 0.6 is 0 Å². The van der Waals surface area contributed by atoms with E-state index in [4.69, 9.17) is 0 Å². The fraction of sp³-hybridized carbons (Fsp3) is 0.375. The Kier molecular flexibility index (Phi) is 4.23. The van der Waals surface area contributed by atoms with Gasteiger partial charge in [-0.15, -0.1) is 0 Å². The average Bonchev–Trinajstić information content (AvgIpc) is 3.00. The average molecular weight is 268 g/mol. The highest BCUT2D eigenvalue weighted by Gasteiger charge is 2.11. The first-order valence-corrected chi connectivity index (χ1v) is 7.19. The number of aromatic nitrogens is 2. The third-order valence-electron chi connectivity index (χ3n) is 3.64. The predicted octanol–water partition coefficient (Wildman–Crippen LogP) is 2.68. The van der Waals surface area contributed by atoms with Crippen LogP contribution in [-0.2, 0) is 13.1 Å². The molecule has 0 amide bonds. The van der Waals surface area contributed by atoms with E-state index < -0.39 is 0 Å². The summed E-state index contributed by atoms with van der Waals surface area (Å²) in [4.78, 5) is 10.6.